The molecule has 1 fully saturated rings. The van der Waals surface area contributed by atoms with Gasteiger partial charge in [0.1, 0.15) is 5.75 Å². The molecule has 1 amide bonds. The Morgan fingerprint density at radius 3 is 2.62 bits per heavy atom. The molecule has 7 heteroatoms. The van der Waals surface area contributed by atoms with Gasteiger partial charge in [-0.1, -0.05) is 0 Å². The van der Waals surface area contributed by atoms with Crippen LogP contribution in [0, 0.1) is 5.92 Å². The molecule has 0 saturated carbocycles. The highest BCUT2D eigenvalue weighted by Gasteiger charge is 2.22. The van der Waals surface area contributed by atoms with E-state index >= 15 is 0 Å². The van der Waals surface area contributed by atoms with E-state index in [1.807, 2.05) is 0 Å². The van der Waals surface area contributed by atoms with Crippen LogP contribution in [-0.2, 0) is 14.3 Å². The van der Waals surface area contributed by atoms with Gasteiger partial charge in [-0.3, -0.25) is 4.79 Å². The summed E-state index contributed by atoms with van der Waals surface area (Å²) in [6, 6.07) is 6.89. The predicted octanol–water partition coefficient (Wildman–Crippen LogP) is 1.21. The first-order valence-electron chi connectivity index (χ1n) is 6.50. The molecule has 1 aliphatic heterocycles. The van der Waals surface area contributed by atoms with Crippen LogP contribution in [0.15, 0.2) is 24.3 Å². The maximum atomic E-state index is 11.9. The van der Waals surface area contributed by atoms with Crippen LogP contribution in [0.3, 0.4) is 0 Å². The zero-order valence-electron chi connectivity index (χ0n) is 11.8. The van der Waals surface area contributed by atoms with E-state index in [-0.39, 0.29) is 30.8 Å². The summed E-state index contributed by atoms with van der Waals surface area (Å²) in [6.07, 6.45) is 0.867. The van der Waals surface area contributed by atoms with Gasteiger partial charge in [0.05, 0.1) is 13.0 Å². The number of rotatable bonds is 5. The molecule has 0 radical (unpaired) electrons. The highest BCUT2D eigenvalue weighted by atomic mass is 35.5. The number of methoxy groups -OCH3 is 1. The van der Waals surface area contributed by atoms with Crippen molar-refractivity contribution in [3.05, 3.63) is 24.3 Å². The molecule has 1 aromatic rings. The fraction of sp³-hybridized carbons (Fsp3) is 0.429. The maximum absolute atomic E-state index is 11.9. The summed E-state index contributed by atoms with van der Waals surface area (Å²) in [5.74, 6) is 0.176. The van der Waals surface area contributed by atoms with Crippen LogP contribution in [0.2, 0.25) is 0 Å². The van der Waals surface area contributed by atoms with E-state index < -0.39 is 5.97 Å². The largest absolute Gasteiger partial charge is 0.482 e. The molecule has 0 aromatic heterocycles. The third-order valence-corrected chi connectivity index (χ3v) is 3.14. The Bertz CT molecular complexity index is 472. The van der Waals surface area contributed by atoms with Crippen molar-refractivity contribution in [3.63, 3.8) is 0 Å². The lowest BCUT2D eigenvalue weighted by molar-refractivity contribution is -0.142. The Morgan fingerprint density at radius 1 is 1.33 bits per heavy atom. The average Bonchev–Trinajstić information content (AvgIpc) is 3.00. The van der Waals surface area contributed by atoms with E-state index in [0.29, 0.717) is 11.4 Å². The lowest BCUT2D eigenvalue weighted by Gasteiger charge is -2.10. The molecule has 2 N–H and O–H groups in total. The molecule has 0 spiro atoms. The fourth-order valence-electron chi connectivity index (χ4n) is 1.96. The van der Waals surface area contributed by atoms with Gasteiger partial charge in [-0.15, -0.1) is 12.4 Å². The summed E-state index contributed by atoms with van der Waals surface area (Å²) >= 11 is 0. The van der Waals surface area contributed by atoms with Crippen LogP contribution < -0.4 is 15.4 Å². The topological polar surface area (TPSA) is 76.7 Å². The van der Waals surface area contributed by atoms with Crippen LogP contribution in [0.1, 0.15) is 6.42 Å². The predicted molar refractivity (Wildman–Crippen MR) is 80.8 cm³/mol. The Balaban J connectivity index is 0.00000220. The highest BCUT2D eigenvalue weighted by Crippen LogP contribution is 2.17. The van der Waals surface area contributed by atoms with Gasteiger partial charge in [0.2, 0.25) is 5.91 Å². The second-order valence-electron chi connectivity index (χ2n) is 4.57. The van der Waals surface area contributed by atoms with Gasteiger partial charge in [0, 0.05) is 12.2 Å². The van der Waals surface area contributed by atoms with Gasteiger partial charge < -0.3 is 20.1 Å². The number of hydrogen-bond donors (Lipinski definition) is 2. The molecule has 1 unspecified atom stereocenters. The maximum Gasteiger partial charge on any atom is 0.343 e. The van der Waals surface area contributed by atoms with Crippen molar-refractivity contribution in [2.24, 2.45) is 5.92 Å². The van der Waals surface area contributed by atoms with Gasteiger partial charge in [0.25, 0.3) is 0 Å². The zero-order chi connectivity index (χ0) is 14.4. The summed E-state index contributed by atoms with van der Waals surface area (Å²) in [6.45, 7) is 1.49. The van der Waals surface area contributed by atoms with Crippen molar-refractivity contribution in [3.8, 4) is 5.75 Å². The lowest BCUT2D eigenvalue weighted by atomic mass is 10.1. The first kappa shape index (κ1) is 17.3. The number of esters is 1. The van der Waals surface area contributed by atoms with Crippen molar-refractivity contribution in [1.82, 2.24) is 5.32 Å². The zero-order valence-corrected chi connectivity index (χ0v) is 12.6. The number of halogens is 1. The van der Waals surface area contributed by atoms with Crippen LogP contribution in [-0.4, -0.2) is 38.7 Å². The van der Waals surface area contributed by atoms with Crippen molar-refractivity contribution in [2.75, 3.05) is 32.1 Å². The molecule has 0 aliphatic carbocycles. The van der Waals surface area contributed by atoms with Crippen molar-refractivity contribution < 1.29 is 19.1 Å². The van der Waals surface area contributed by atoms with Crippen LogP contribution >= 0.6 is 12.4 Å². The summed E-state index contributed by atoms with van der Waals surface area (Å²) in [5.41, 5.74) is 0.715. The van der Waals surface area contributed by atoms with E-state index in [9.17, 15) is 9.59 Å². The number of carbonyl (C=O) groups excluding carboxylic acids is 2. The summed E-state index contributed by atoms with van der Waals surface area (Å²) in [4.78, 5) is 22.8. The Labute approximate surface area is 129 Å². The van der Waals surface area contributed by atoms with Gasteiger partial charge in [-0.05, 0) is 37.2 Å². The first-order valence-corrected chi connectivity index (χ1v) is 6.50. The quantitative estimate of drug-likeness (QED) is 0.799. The number of anilines is 1. The minimum atomic E-state index is -0.434. The molecule has 1 aliphatic rings. The average molecular weight is 315 g/mol. The highest BCUT2D eigenvalue weighted by molar-refractivity contribution is 5.92. The van der Waals surface area contributed by atoms with Crippen molar-refractivity contribution in [1.29, 1.82) is 0 Å². The van der Waals surface area contributed by atoms with E-state index in [1.165, 1.54) is 7.11 Å². The Morgan fingerprint density at radius 2 is 2.05 bits per heavy atom. The molecule has 6 nitrogen and oxygen atoms in total. The van der Waals surface area contributed by atoms with E-state index in [2.05, 4.69) is 15.4 Å². The van der Waals surface area contributed by atoms with Crippen molar-refractivity contribution in [2.45, 2.75) is 6.42 Å². The Kier molecular flexibility index (Phi) is 6.98. The standard InChI is InChI=1S/C14H18N2O4.ClH/c1-19-13(17)9-20-12-4-2-11(3-5-12)16-14(18)10-6-7-15-8-10;/h2-5,10,15H,6-9H2,1H3,(H,16,18);1H. The van der Waals surface area contributed by atoms with Crippen LogP contribution in [0.5, 0.6) is 5.75 Å². The molecular weight excluding hydrogens is 296 g/mol. The monoisotopic (exact) mass is 314 g/mol. The van der Waals surface area contributed by atoms with E-state index in [0.717, 1.165) is 19.5 Å². The smallest absolute Gasteiger partial charge is 0.343 e. The molecule has 1 aromatic carbocycles. The van der Waals surface area contributed by atoms with E-state index in [4.69, 9.17) is 4.74 Å². The van der Waals surface area contributed by atoms with Crippen LogP contribution in [0.25, 0.3) is 0 Å². The van der Waals surface area contributed by atoms with Gasteiger partial charge in [0.15, 0.2) is 6.61 Å². The number of nitrogens with one attached hydrogen (secondary N) is 2. The third-order valence-electron chi connectivity index (χ3n) is 3.14. The SMILES string of the molecule is COC(=O)COc1ccc(NC(=O)C2CCNC2)cc1.Cl. The number of ether oxygens (including phenoxy) is 2. The third kappa shape index (κ3) is 5.24. The first-order chi connectivity index (χ1) is 9.69. The van der Waals surface area contributed by atoms with Crippen molar-refractivity contribution >= 4 is 30.0 Å². The molecule has 0 bridgehead atoms. The summed E-state index contributed by atoms with van der Waals surface area (Å²) < 4.78 is 9.70. The molecular formula is C14H19ClN2O4. The summed E-state index contributed by atoms with van der Waals surface area (Å²) in [7, 11) is 1.31. The molecule has 1 saturated heterocycles. The molecule has 21 heavy (non-hydrogen) atoms. The molecule has 2 rings (SSSR count). The number of carbonyl (C=O) groups is 2. The number of hydrogen-bond acceptors (Lipinski definition) is 5. The molecule has 1 atom stereocenters. The number of benzene rings is 1. The summed E-state index contributed by atoms with van der Waals surface area (Å²) in [5, 5.41) is 6.02. The fourth-order valence-corrected chi connectivity index (χ4v) is 1.96. The second kappa shape index (κ2) is 8.49. The van der Waals surface area contributed by atoms with Gasteiger partial charge >= 0.3 is 5.97 Å². The Hall–Kier alpha value is -1.79. The van der Waals surface area contributed by atoms with Gasteiger partial charge in [-0.25, -0.2) is 4.79 Å². The lowest BCUT2D eigenvalue weighted by Crippen LogP contribution is -2.24. The normalized spacial score (nSPS) is 16.7. The van der Waals surface area contributed by atoms with Crippen LogP contribution in [0.4, 0.5) is 5.69 Å². The van der Waals surface area contributed by atoms with E-state index in [1.54, 1.807) is 24.3 Å². The van der Waals surface area contributed by atoms with Gasteiger partial charge in [-0.2, -0.15) is 0 Å². The number of amides is 1. The molecule has 116 valence electrons. The minimum absolute atomic E-state index is 0. The second-order valence-corrected chi connectivity index (χ2v) is 4.57. The minimum Gasteiger partial charge on any atom is -0.482 e. The molecule has 1 heterocycles.